The van der Waals surface area contributed by atoms with Crippen molar-refractivity contribution in [2.45, 2.75) is 26.7 Å². The summed E-state index contributed by atoms with van der Waals surface area (Å²) in [6.07, 6.45) is 2.22. The molecule has 1 heterocycles. The molecule has 0 amide bonds. The second-order valence-electron chi connectivity index (χ2n) is 4.93. The van der Waals surface area contributed by atoms with Crippen LogP contribution in [0.4, 0.5) is 17.8 Å². The molecule has 1 aromatic rings. The Bertz CT molecular complexity index is 390. The summed E-state index contributed by atoms with van der Waals surface area (Å²) in [5.41, 5.74) is 5.74. The van der Waals surface area contributed by atoms with Crippen molar-refractivity contribution in [2.24, 2.45) is 0 Å². The average Bonchev–Trinajstić information content (AvgIpc) is 2.39. The Morgan fingerprint density at radius 1 is 1.05 bits per heavy atom. The molecule has 7 heteroatoms. The van der Waals surface area contributed by atoms with E-state index in [0.29, 0.717) is 11.9 Å². The normalized spacial score (nSPS) is 10.8. The number of aromatic nitrogens is 3. The third kappa shape index (κ3) is 5.56. The second-order valence-corrected chi connectivity index (χ2v) is 4.93. The van der Waals surface area contributed by atoms with Gasteiger partial charge in [0.2, 0.25) is 17.8 Å². The van der Waals surface area contributed by atoms with Gasteiger partial charge in [-0.15, -0.1) is 0 Å². The molecule has 0 aliphatic heterocycles. The van der Waals surface area contributed by atoms with E-state index in [1.54, 1.807) is 0 Å². The molecular formula is C13H27N7. The smallest absolute Gasteiger partial charge is 0.231 e. The zero-order valence-corrected chi connectivity index (χ0v) is 13.1. The lowest BCUT2D eigenvalue weighted by molar-refractivity contribution is 0.396. The number of unbranched alkanes of at least 4 members (excludes halogenated alkanes) is 1. The number of hydrogen-bond acceptors (Lipinski definition) is 7. The SMILES string of the molecule is CCN(CC)c1nc(N)nc(NCCCCN(C)C)n1. The lowest BCUT2D eigenvalue weighted by Gasteiger charge is -2.19. The summed E-state index contributed by atoms with van der Waals surface area (Å²) >= 11 is 0. The van der Waals surface area contributed by atoms with Crippen LogP contribution in [0, 0.1) is 0 Å². The van der Waals surface area contributed by atoms with E-state index in [1.807, 2.05) is 0 Å². The molecule has 20 heavy (non-hydrogen) atoms. The molecule has 0 fully saturated rings. The first-order valence-electron chi connectivity index (χ1n) is 7.21. The first kappa shape index (κ1) is 16.4. The largest absolute Gasteiger partial charge is 0.368 e. The molecule has 0 aliphatic rings. The van der Waals surface area contributed by atoms with Crippen LogP contribution in [0.25, 0.3) is 0 Å². The first-order valence-corrected chi connectivity index (χ1v) is 7.21. The quantitative estimate of drug-likeness (QED) is 0.655. The standard InChI is InChI=1S/C13H27N7/c1-5-20(6-2)13-17-11(14)16-12(18-13)15-9-7-8-10-19(3)4/h5-10H2,1-4H3,(H3,14,15,16,17,18). The van der Waals surface area contributed by atoms with Gasteiger partial charge in [0.15, 0.2) is 0 Å². The maximum absolute atomic E-state index is 5.74. The molecule has 1 aromatic heterocycles. The molecule has 0 unspecified atom stereocenters. The Balaban J connectivity index is 2.53. The van der Waals surface area contributed by atoms with E-state index >= 15 is 0 Å². The molecule has 1 rings (SSSR count). The van der Waals surface area contributed by atoms with E-state index in [0.717, 1.165) is 39.0 Å². The predicted octanol–water partition coefficient (Wildman–Crippen LogP) is 1.05. The van der Waals surface area contributed by atoms with E-state index in [4.69, 9.17) is 5.73 Å². The van der Waals surface area contributed by atoms with Crippen LogP contribution in [-0.4, -0.2) is 60.1 Å². The van der Waals surface area contributed by atoms with Gasteiger partial charge < -0.3 is 20.9 Å². The minimum atomic E-state index is 0.262. The number of nitrogen functional groups attached to an aromatic ring is 1. The zero-order chi connectivity index (χ0) is 15.0. The topological polar surface area (TPSA) is 83.2 Å². The number of anilines is 3. The van der Waals surface area contributed by atoms with Gasteiger partial charge in [0.25, 0.3) is 0 Å². The van der Waals surface area contributed by atoms with Crippen LogP contribution in [0.3, 0.4) is 0 Å². The molecule has 0 aromatic carbocycles. The minimum Gasteiger partial charge on any atom is -0.368 e. The van der Waals surface area contributed by atoms with Gasteiger partial charge in [-0.1, -0.05) is 0 Å². The monoisotopic (exact) mass is 281 g/mol. The Morgan fingerprint density at radius 2 is 1.75 bits per heavy atom. The van der Waals surface area contributed by atoms with E-state index < -0.39 is 0 Å². The fraction of sp³-hybridized carbons (Fsp3) is 0.769. The maximum atomic E-state index is 5.74. The van der Waals surface area contributed by atoms with Gasteiger partial charge in [-0.2, -0.15) is 15.0 Å². The van der Waals surface area contributed by atoms with Gasteiger partial charge in [-0.3, -0.25) is 0 Å². The average molecular weight is 281 g/mol. The van der Waals surface area contributed by atoms with Crippen LogP contribution in [0.5, 0.6) is 0 Å². The van der Waals surface area contributed by atoms with Gasteiger partial charge in [-0.05, 0) is 47.3 Å². The molecule has 3 N–H and O–H groups in total. The number of hydrogen-bond donors (Lipinski definition) is 2. The molecule has 0 spiro atoms. The minimum absolute atomic E-state index is 0.262. The van der Waals surface area contributed by atoms with Gasteiger partial charge in [0.05, 0.1) is 0 Å². The van der Waals surface area contributed by atoms with E-state index in [-0.39, 0.29) is 5.95 Å². The third-order valence-electron chi connectivity index (χ3n) is 3.00. The van der Waals surface area contributed by atoms with Crippen molar-refractivity contribution >= 4 is 17.8 Å². The highest BCUT2D eigenvalue weighted by atomic mass is 15.3. The molecular weight excluding hydrogens is 254 g/mol. The number of nitrogens with zero attached hydrogens (tertiary/aromatic N) is 5. The van der Waals surface area contributed by atoms with Gasteiger partial charge in [0.1, 0.15) is 0 Å². The molecule has 0 aliphatic carbocycles. The van der Waals surface area contributed by atoms with Crippen molar-refractivity contribution in [1.29, 1.82) is 0 Å². The fourth-order valence-corrected chi connectivity index (χ4v) is 1.86. The third-order valence-corrected chi connectivity index (χ3v) is 3.00. The predicted molar refractivity (Wildman–Crippen MR) is 84.1 cm³/mol. The highest BCUT2D eigenvalue weighted by Crippen LogP contribution is 2.11. The summed E-state index contributed by atoms with van der Waals surface area (Å²) < 4.78 is 0. The summed E-state index contributed by atoms with van der Waals surface area (Å²) in [6, 6.07) is 0. The Labute approximate surface area is 121 Å². The number of nitrogens with two attached hydrogens (primary N) is 1. The zero-order valence-electron chi connectivity index (χ0n) is 13.1. The van der Waals surface area contributed by atoms with Crippen molar-refractivity contribution in [3.8, 4) is 0 Å². The van der Waals surface area contributed by atoms with Crippen LogP contribution >= 0.6 is 0 Å². The van der Waals surface area contributed by atoms with Crippen molar-refractivity contribution in [2.75, 3.05) is 56.2 Å². The highest BCUT2D eigenvalue weighted by molar-refractivity contribution is 5.41. The maximum Gasteiger partial charge on any atom is 0.231 e. The van der Waals surface area contributed by atoms with Crippen LogP contribution < -0.4 is 16.0 Å². The highest BCUT2D eigenvalue weighted by Gasteiger charge is 2.09. The van der Waals surface area contributed by atoms with Crippen LogP contribution in [0.2, 0.25) is 0 Å². The second kappa shape index (κ2) is 8.52. The van der Waals surface area contributed by atoms with Gasteiger partial charge >= 0.3 is 0 Å². The summed E-state index contributed by atoms with van der Waals surface area (Å²) in [5, 5.41) is 3.22. The lowest BCUT2D eigenvalue weighted by atomic mass is 10.3. The van der Waals surface area contributed by atoms with E-state index in [1.165, 1.54) is 0 Å². The van der Waals surface area contributed by atoms with Gasteiger partial charge in [-0.25, -0.2) is 0 Å². The molecule has 0 atom stereocenters. The molecule has 7 nitrogen and oxygen atoms in total. The summed E-state index contributed by atoms with van der Waals surface area (Å²) in [5.74, 6) is 1.46. The van der Waals surface area contributed by atoms with Gasteiger partial charge in [0, 0.05) is 19.6 Å². The molecule has 114 valence electrons. The summed E-state index contributed by atoms with van der Waals surface area (Å²) in [7, 11) is 4.16. The van der Waals surface area contributed by atoms with E-state index in [2.05, 4.69) is 58.0 Å². The molecule has 0 bridgehead atoms. The van der Waals surface area contributed by atoms with Crippen molar-refractivity contribution in [3.05, 3.63) is 0 Å². The Kier molecular flexibility index (Phi) is 7.00. The van der Waals surface area contributed by atoms with Crippen LogP contribution in [0.1, 0.15) is 26.7 Å². The van der Waals surface area contributed by atoms with Crippen LogP contribution in [0.15, 0.2) is 0 Å². The molecule has 0 saturated heterocycles. The Morgan fingerprint density at radius 3 is 2.35 bits per heavy atom. The van der Waals surface area contributed by atoms with Crippen molar-refractivity contribution in [3.63, 3.8) is 0 Å². The molecule has 0 radical (unpaired) electrons. The summed E-state index contributed by atoms with van der Waals surface area (Å²) in [6.45, 7) is 7.76. The summed E-state index contributed by atoms with van der Waals surface area (Å²) in [4.78, 5) is 16.9. The van der Waals surface area contributed by atoms with Crippen molar-refractivity contribution < 1.29 is 0 Å². The van der Waals surface area contributed by atoms with Crippen LogP contribution in [-0.2, 0) is 0 Å². The van der Waals surface area contributed by atoms with Crippen molar-refractivity contribution in [1.82, 2.24) is 19.9 Å². The number of nitrogens with one attached hydrogen (secondary N) is 1. The fourth-order valence-electron chi connectivity index (χ4n) is 1.86. The first-order chi connectivity index (χ1) is 9.56. The van der Waals surface area contributed by atoms with E-state index in [9.17, 15) is 0 Å². The Hall–Kier alpha value is -1.63. The number of rotatable bonds is 9. The lowest BCUT2D eigenvalue weighted by Crippen LogP contribution is -2.25. The molecule has 0 saturated carbocycles.